The van der Waals surface area contributed by atoms with Gasteiger partial charge in [-0.1, -0.05) is 12.1 Å². The van der Waals surface area contributed by atoms with Gasteiger partial charge in [0.1, 0.15) is 0 Å². The normalized spacial score (nSPS) is 10.6. The highest BCUT2D eigenvalue weighted by molar-refractivity contribution is 5.94. The molecule has 0 aliphatic rings. The lowest BCUT2D eigenvalue weighted by atomic mass is 10.1. The fraction of sp³-hybridized carbons (Fsp3) is 0.0870. The van der Waals surface area contributed by atoms with Gasteiger partial charge in [0.05, 0.1) is 0 Å². The number of benzene rings is 1. The van der Waals surface area contributed by atoms with Gasteiger partial charge in [-0.05, 0) is 59.7 Å². The Kier molecular flexibility index (Phi) is 5.24. The number of hydrogen-bond acceptors (Lipinski definition) is 3. The highest BCUT2D eigenvalue weighted by Gasteiger charge is 2.17. The van der Waals surface area contributed by atoms with Gasteiger partial charge < -0.3 is 9.47 Å². The van der Waals surface area contributed by atoms with Gasteiger partial charge in [-0.2, -0.15) is 0 Å². The molecule has 0 atom stereocenters. The summed E-state index contributed by atoms with van der Waals surface area (Å²) in [5.41, 5.74) is 3.64. The Bertz CT molecular complexity index is 989. The van der Waals surface area contributed by atoms with E-state index in [1.54, 1.807) is 24.8 Å². The van der Waals surface area contributed by atoms with E-state index in [0.29, 0.717) is 18.7 Å². The van der Waals surface area contributed by atoms with E-state index < -0.39 is 0 Å². The number of pyridine rings is 2. The molecule has 1 aromatic carbocycles. The number of rotatable bonds is 6. The van der Waals surface area contributed by atoms with Crippen molar-refractivity contribution in [2.24, 2.45) is 0 Å². The molecular weight excluding hydrogens is 348 g/mol. The molecule has 3 heterocycles. The zero-order valence-electron chi connectivity index (χ0n) is 15.3. The number of nitrogens with zero attached hydrogens (tertiary/aromatic N) is 4. The van der Waals surface area contributed by atoms with E-state index in [1.807, 2.05) is 82.5 Å². The maximum absolute atomic E-state index is 13.4. The zero-order chi connectivity index (χ0) is 19.2. The molecule has 28 heavy (non-hydrogen) atoms. The van der Waals surface area contributed by atoms with E-state index in [0.717, 1.165) is 16.8 Å². The molecule has 5 heteroatoms. The summed E-state index contributed by atoms with van der Waals surface area (Å²) in [6.07, 6.45) is 11.0. The molecule has 0 spiro atoms. The summed E-state index contributed by atoms with van der Waals surface area (Å²) in [4.78, 5) is 23.4. The highest BCUT2D eigenvalue weighted by atomic mass is 16.2. The molecular formula is C23H20N4O. The Hall–Kier alpha value is -3.73. The number of amides is 1. The standard InChI is InChI=1S/C23H20N4O/c28-23(21-6-3-7-22(15-21)26-13-1-2-14-26)27(17-19-8-11-24-12-9-19)18-20-5-4-10-25-16-20/h1-16H,17-18H2. The van der Waals surface area contributed by atoms with Crippen LogP contribution in [0.5, 0.6) is 0 Å². The fourth-order valence-electron chi connectivity index (χ4n) is 3.11. The number of aromatic nitrogens is 3. The lowest BCUT2D eigenvalue weighted by Crippen LogP contribution is -2.30. The average Bonchev–Trinajstić information content (AvgIpc) is 3.29. The summed E-state index contributed by atoms with van der Waals surface area (Å²) in [7, 11) is 0. The van der Waals surface area contributed by atoms with E-state index in [4.69, 9.17) is 0 Å². The molecule has 0 aliphatic carbocycles. The molecule has 0 N–H and O–H groups in total. The lowest BCUT2D eigenvalue weighted by molar-refractivity contribution is 0.0730. The van der Waals surface area contributed by atoms with Crippen LogP contribution in [0.25, 0.3) is 5.69 Å². The van der Waals surface area contributed by atoms with E-state index in [-0.39, 0.29) is 5.91 Å². The third-order valence-electron chi connectivity index (χ3n) is 4.50. The molecule has 138 valence electrons. The third-order valence-corrected chi connectivity index (χ3v) is 4.50. The van der Waals surface area contributed by atoms with E-state index in [9.17, 15) is 4.79 Å². The van der Waals surface area contributed by atoms with Gasteiger partial charge >= 0.3 is 0 Å². The van der Waals surface area contributed by atoms with Crippen LogP contribution in [0.2, 0.25) is 0 Å². The second kappa shape index (κ2) is 8.31. The van der Waals surface area contributed by atoms with Crippen molar-refractivity contribution < 1.29 is 4.79 Å². The van der Waals surface area contributed by atoms with E-state index in [1.165, 1.54) is 0 Å². The first kappa shape index (κ1) is 17.7. The first-order valence-corrected chi connectivity index (χ1v) is 9.10. The first-order chi connectivity index (χ1) is 13.8. The van der Waals surface area contributed by atoms with Gasteiger partial charge in [0, 0.05) is 61.5 Å². The van der Waals surface area contributed by atoms with Crippen LogP contribution in [-0.2, 0) is 13.1 Å². The summed E-state index contributed by atoms with van der Waals surface area (Å²) in [6, 6.07) is 19.3. The Morgan fingerprint density at radius 1 is 0.821 bits per heavy atom. The van der Waals surface area contributed by atoms with E-state index >= 15 is 0 Å². The van der Waals surface area contributed by atoms with Crippen LogP contribution in [0.3, 0.4) is 0 Å². The van der Waals surface area contributed by atoms with E-state index in [2.05, 4.69) is 9.97 Å². The summed E-state index contributed by atoms with van der Waals surface area (Å²) < 4.78 is 1.99. The molecule has 1 amide bonds. The van der Waals surface area contributed by atoms with Gasteiger partial charge in [-0.3, -0.25) is 14.8 Å². The van der Waals surface area contributed by atoms with Crippen molar-refractivity contribution in [1.82, 2.24) is 19.4 Å². The minimum atomic E-state index is -0.0188. The van der Waals surface area contributed by atoms with Gasteiger partial charge in [0.15, 0.2) is 0 Å². The van der Waals surface area contributed by atoms with Gasteiger partial charge in [0.2, 0.25) is 0 Å². The van der Waals surface area contributed by atoms with Crippen molar-refractivity contribution >= 4 is 5.91 Å². The summed E-state index contributed by atoms with van der Waals surface area (Å²) >= 11 is 0. The maximum Gasteiger partial charge on any atom is 0.254 e. The molecule has 4 aromatic rings. The molecule has 0 bridgehead atoms. The highest BCUT2D eigenvalue weighted by Crippen LogP contribution is 2.17. The van der Waals surface area contributed by atoms with Gasteiger partial charge in [-0.25, -0.2) is 0 Å². The molecule has 4 rings (SSSR count). The predicted octanol–water partition coefficient (Wildman–Crippen LogP) is 4.11. The average molecular weight is 368 g/mol. The lowest BCUT2D eigenvalue weighted by Gasteiger charge is -2.23. The molecule has 0 saturated carbocycles. The summed E-state index contributed by atoms with van der Waals surface area (Å²) in [5.74, 6) is -0.0188. The Morgan fingerprint density at radius 3 is 2.36 bits per heavy atom. The van der Waals surface area contributed by atoms with Crippen LogP contribution in [0.1, 0.15) is 21.5 Å². The summed E-state index contributed by atoms with van der Waals surface area (Å²) in [6.45, 7) is 0.993. The number of carbonyl (C=O) groups excluding carboxylic acids is 1. The van der Waals surface area contributed by atoms with Crippen LogP contribution in [0.15, 0.2) is 97.8 Å². The topological polar surface area (TPSA) is 51.0 Å². The molecule has 0 aliphatic heterocycles. The molecule has 0 saturated heterocycles. The van der Waals surface area contributed by atoms with Crippen molar-refractivity contribution in [2.75, 3.05) is 0 Å². The second-order valence-electron chi connectivity index (χ2n) is 6.52. The van der Waals surface area contributed by atoms with Crippen molar-refractivity contribution in [3.8, 4) is 5.69 Å². The van der Waals surface area contributed by atoms with Crippen molar-refractivity contribution in [1.29, 1.82) is 0 Å². The minimum absolute atomic E-state index is 0.0188. The fourth-order valence-corrected chi connectivity index (χ4v) is 3.11. The van der Waals surface area contributed by atoms with Crippen LogP contribution >= 0.6 is 0 Å². The SMILES string of the molecule is O=C(c1cccc(-n2cccc2)c1)N(Cc1ccncc1)Cc1cccnc1. The van der Waals surface area contributed by atoms with Crippen LogP contribution in [-0.4, -0.2) is 25.3 Å². The smallest absolute Gasteiger partial charge is 0.254 e. The van der Waals surface area contributed by atoms with Crippen LogP contribution in [0.4, 0.5) is 0 Å². The molecule has 0 unspecified atom stereocenters. The molecule has 0 fully saturated rings. The van der Waals surface area contributed by atoms with Crippen molar-refractivity contribution in [2.45, 2.75) is 13.1 Å². The maximum atomic E-state index is 13.4. The van der Waals surface area contributed by atoms with Crippen molar-refractivity contribution in [3.63, 3.8) is 0 Å². The minimum Gasteiger partial charge on any atom is -0.330 e. The summed E-state index contributed by atoms with van der Waals surface area (Å²) in [5, 5.41) is 0. The second-order valence-corrected chi connectivity index (χ2v) is 6.52. The zero-order valence-corrected chi connectivity index (χ0v) is 15.3. The quantitative estimate of drug-likeness (QED) is 0.515. The molecule has 5 nitrogen and oxygen atoms in total. The number of carbonyl (C=O) groups is 1. The number of hydrogen-bond donors (Lipinski definition) is 0. The predicted molar refractivity (Wildman–Crippen MR) is 108 cm³/mol. The van der Waals surface area contributed by atoms with Gasteiger partial charge in [0.25, 0.3) is 5.91 Å². The monoisotopic (exact) mass is 368 g/mol. The van der Waals surface area contributed by atoms with Gasteiger partial charge in [-0.15, -0.1) is 0 Å². The molecule has 0 radical (unpaired) electrons. The third kappa shape index (κ3) is 4.15. The Morgan fingerprint density at radius 2 is 1.61 bits per heavy atom. The first-order valence-electron chi connectivity index (χ1n) is 9.10. The Labute approximate surface area is 163 Å². The van der Waals surface area contributed by atoms with Crippen molar-refractivity contribution in [3.05, 3.63) is 115 Å². The molecule has 3 aromatic heterocycles. The van der Waals surface area contributed by atoms with Crippen LogP contribution < -0.4 is 0 Å². The van der Waals surface area contributed by atoms with Crippen LogP contribution in [0, 0.1) is 0 Å². The largest absolute Gasteiger partial charge is 0.330 e. The Balaban J connectivity index is 1.63.